The fourth-order valence-electron chi connectivity index (χ4n) is 1.42. The monoisotopic (exact) mass is 224 g/mol. The van der Waals surface area contributed by atoms with Gasteiger partial charge >= 0.3 is 5.69 Å². The first kappa shape index (κ1) is 12.4. The zero-order valence-corrected chi connectivity index (χ0v) is 9.51. The number of hydrogen-bond donors (Lipinski definition) is 1. The molecule has 1 aromatic rings. The molecule has 0 aliphatic carbocycles. The SMILES string of the molecule is CNCCCN(C)c1ncccc1[N+](=O)[O-]. The second-order valence-electron chi connectivity index (χ2n) is 3.48. The van der Waals surface area contributed by atoms with Gasteiger partial charge in [-0.05, 0) is 26.1 Å². The summed E-state index contributed by atoms with van der Waals surface area (Å²) in [6.07, 6.45) is 2.48. The van der Waals surface area contributed by atoms with Gasteiger partial charge in [-0.25, -0.2) is 4.98 Å². The van der Waals surface area contributed by atoms with Gasteiger partial charge in [0.1, 0.15) is 0 Å². The molecule has 6 heteroatoms. The topological polar surface area (TPSA) is 71.3 Å². The highest BCUT2D eigenvalue weighted by molar-refractivity contribution is 5.56. The molecule has 0 saturated heterocycles. The molecule has 1 rings (SSSR count). The first-order valence-electron chi connectivity index (χ1n) is 5.12. The minimum absolute atomic E-state index is 0.0504. The quantitative estimate of drug-likeness (QED) is 0.444. The number of anilines is 1. The fraction of sp³-hybridized carbons (Fsp3) is 0.500. The first-order valence-corrected chi connectivity index (χ1v) is 5.12. The molecule has 0 fully saturated rings. The molecule has 6 nitrogen and oxygen atoms in total. The van der Waals surface area contributed by atoms with Gasteiger partial charge < -0.3 is 10.2 Å². The van der Waals surface area contributed by atoms with Crippen LogP contribution in [0.4, 0.5) is 11.5 Å². The summed E-state index contributed by atoms with van der Waals surface area (Å²) in [7, 11) is 3.69. The molecule has 0 amide bonds. The molecule has 0 saturated carbocycles. The Balaban J connectivity index is 2.74. The number of hydrogen-bond acceptors (Lipinski definition) is 5. The molecule has 0 aliphatic heterocycles. The third-order valence-electron chi connectivity index (χ3n) is 2.24. The minimum Gasteiger partial charge on any atom is -0.354 e. The van der Waals surface area contributed by atoms with Crippen LogP contribution in [0.15, 0.2) is 18.3 Å². The Morgan fingerprint density at radius 1 is 1.62 bits per heavy atom. The van der Waals surface area contributed by atoms with Gasteiger partial charge in [0.25, 0.3) is 0 Å². The summed E-state index contributed by atoms with van der Waals surface area (Å²) in [5.74, 6) is 0.420. The molecule has 16 heavy (non-hydrogen) atoms. The van der Waals surface area contributed by atoms with Gasteiger partial charge in [-0.3, -0.25) is 10.1 Å². The largest absolute Gasteiger partial charge is 0.354 e. The van der Waals surface area contributed by atoms with Crippen molar-refractivity contribution < 1.29 is 4.92 Å². The molecule has 0 spiro atoms. The maximum absolute atomic E-state index is 10.8. The van der Waals surface area contributed by atoms with Crippen molar-refractivity contribution in [2.45, 2.75) is 6.42 Å². The molecule has 1 aromatic heterocycles. The summed E-state index contributed by atoms with van der Waals surface area (Å²) in [6.45, 7) is 1.61. The van der Waals surface area contributed by atoms with Gasteiger partial charge in [0.05, 0.1) is 4.92 Å². The van der Waals surface area contributed by atoms with E-state index in [0.717, 1.165) is 19.5 Å². The highest BCUT2D eigenvalue weighted by Gasteiger charge is 2.17. The van der Waals surface area contributed by atoms with Gasteiger partial charge in [0, 0.05) is 25.9 Å². The van der Waals surface area contributed by atoms with Crippen LogP contribution in [0, 0.1) is 10.1 Å². The van der Waals surface area contributed by atoms with Crippen molar-refractivity contribution in [3.8, 4) is 0 Å². The van der Waals surface area contributed by atoms with E-state index in [0.29, 0.717) is 5.82 Å². The number of nitro groups is 1. The van der Waals surface area contributed by atoms with Gasteiger partial charge in [0.2, 0.25) is 5.82 Å². The molecule has 1 N–H and O–H groups in total. The molecule has 0 aliphatic rings. The van der Waals surface area contributed by atoms with Crippen molar-refractivity contribution in [1.82, 2.24) is 10.3 Å². The Kier molecular flexibility index (Phi) is 4.65. The number of pyridine rings is 1. The van der Waals surface area contributed by atoms with Crippen molar-refractivity contribution >= 4 is 11.5 Å². The van der Waals surface area contributed by atoms with E-state index in [2.05, 4.69) is 10.3 Å². The summed E-state index contributed by atoms with van der Waals surface area (Å²) >= 11 is 0. The molecule has 0 aromatic carbocycles. The van der Waals surface area contributed by atoms with Crippen LogP contribution in [-0.2, 0) is 0 Å². The summed E-state index contributed by atoms with van der Waals surface area (Å²) in [5, 5.41) is 13.8. The number of aromatic nitrogens is 1. The third kappa shape index (κ3) is 3.16. The summed E-state index contributed by atoms with van der Waals surface area (Å²) in [4.78, 5) is 16.2. The van der Waals surface area contributed by atoms with Crippen molar-refractivity contribution in [1.29, 1.82) is 0 Å². The Labute approximate surface area is 94.4 Å². The van der Waals surface area contributed by atoms with E-state index in [-0.39, 0.29) is 5.69 Å². The van der Waals surface area contributed by atoms with E-state index >= 15 is 0 Å². The molecule has 0 bridgehead atoms. The third-order valence-corrected chi connectivity index (χ3v) is 2.24. The van der Waals surface area contributed by atoms with Crippen LogP contribution < -0.4 is 10.2 Å². The van der Waals surface area contributed by atoms with Crippen LogP contribution in [0.5, 0.6) is 0 Å². The standard InChI is InChI=1S/C10H16N4O2/c1-11-6-4-8-13(2)10-9(14(15)16)5-3-7-12-10/h3,5,7,11H,4,6,8H2,1-2H3. The van der Waals surface area contributed by atoms with Crippen LogP contribution >= 0.6 is 0 Å². The average Bonchev–Trinajstić information content (AvgIpc) is 2.29. The zero-order valence-electron chi connectivity index (χ0n) is 9.51. The van der Waals surface area contributed by atoms with Crippen LogP contribution in [-0.4, -0.2) is 37.1 Å². The number of nitrogens with zero attached hydrogens (tertiary/aromatic N) is 3. The molecule has 0 atom stereocenters. The normalized spacial score (nSPS) is 10.1. The van der Waals surface area contributed by atoms with E-state index in [1.165, 1.54) is 6.07 Å². The van der Waals surface area contributed by atoms with Crippen molar-refractivity contribution in [2.24, 2.45) is 0 Å². The van der Waals surface area contributed by atoms with Crippen LogP contribution in [0.3, 0.4) is 0 Å². The predicted molar refractivity (Wildman–Crippen MR) is 62.7 cm³/mol. The minimum atomic E-state index is -0.406. The molecular formula is C10H16N4O2. The van der Waals surface area contributed by atoms with Crippen molar-refractivity contribution in [3.63, 3.8) is 0 Å². The van der Waals surface area contributed by atoms with Crippen LogP contribution in [0.25, 0.3) is 0 Å². The molecule has 0 unspecified atom stereocenters. The van der Waals surface area contributed by atoms with Crippen molar-refractivity contribution in [3.05, 3.63) is 28.4 Å². The lowest BCUT2D eigenvalue weighted by molar-refractivity contribution is -0.384. The highest BCUT2D eigenvalue weighted by Crippen LogP contribution is 2.23. The lowest BCUT2D eigenvalue weighted by Gasteiger charge is -2.17. The van der Waals surface area contributed by atoms with Crippen molar-refractivity contribution in [2.75, 3.05) is 32.1 Å². The lowest BCUT2D eigenvalue weighted by atomic mass is 10.3. The fourth-order valence-corrected chi connectivity index (χ4v) is 1.42. The van der Waals surface area contributed by atoms with Crippen LogP contribution in [0.2, 0.25) is 0 Å². The second-order valence-corrected chi connectivity index (χ2v) is 3.48. The summed E-state index contributed by atoms with van der Waals surface area (Å²) in [5.41, 5.74) is 0.0504. The molecule has 1 heterocycles. The second kappa shape index (κ2) is 6.02. The Bertz CT molecular complexity index is 356. The first-order chi connectivity index (χ1) is 7.66. The average molecular weight is 224 g/mol. The summed E-state index contributed by atoms with van der Waals surface area (Å²) in [6, 6.07) is 3.04. The molecule has 88 valence electrons. The lowest BCUT2D eigenvalue weighted by Crippen LogP contribution is -2.23. The van der Waals surface area contributed by atoms with Crippen LogP contribution in [0.1, 0.15) is 6.42 Å². The zero-order chi connectivity index (χ0) is 12.0. The number of rotatable bonds is 6. The van der Waals surface area contributed by atoms with E-state index in [9.17, 15) is 10.1 Å². The van der Waals surface area contributed by atoms with Gasteiger partial charge in [0.15, 0.2) is 0 Å². The smallest absolute Gasteiger partial charge is 0.311 e. The maximum Gasteiger partial charge on any atom is 0.311 e. The Morgan fingerprint density at radius 2 is 2.38 bits per heavy atom. The Morgan fingerprint density at radius 3 is 3.00 bits per heavy atom. The number of nitrogens with one attached hydrogen (secondary N) is 1. The predicted octanol–water partition coefficient (Wildman–Crippen LogP) is 1.04. The highest BCUT2D eigenvalue weighted by atomic mass is 16.6. The maximum atomic E-state index is 10.8. The van der Waals surface area contributed by atoms with E-state index in [4.69, 9.17) is 0 Å². The van der Waals surface area contributed by atoms with Gasteiger partial charge in [-0.2, -0.15) is 0 Å². The van der Waals surface area contributed by atoms with E-state index in [1.807, 2.05) is 14.1 Å². The van der Waals surface area contributed by atoms with E-state index < -0.39 is 4.92 Å². The van der Waals surface area contributed by atoms with Gasteiger partial charge in [-0.1, -0.05) is 0 Å². The Hall–Kier alpha value is -1.69. The van der Waals surface area contributed by atoms with E-state index in [1.54, 1.807) is 17.2 Å². The molecular weight excluding hydrogens is 208 g/mol. The molecule has 0 radical (unpaired) electrons. The van der Waals surface area contributed by atoms with Gasteiger partial charge in [-0.15, -0.1) is 0 Å². The summed E-state index contributed by atoms with van der Waals surface area (Å²) < 4.78 is 0.